The third kappa shape index (κ3) is 7.76. The molecule has 9 nitrogen and oxygen atoms in total. The average Bonchev–Trinajstić information content (AvgIpc) is 2.86. The number of carboxylic acid groups (broad SMARTS) is 1. The molecule has 0 heterocycles. The molecule has 0 fully saturated rings. The number of hydrogen-bond donors (Lipinski definition) is 5. The third-order valence-electron chi connectivity index (χ3n) is 5.58. The van der Waals surface area contributed by atoms with Crippen molar-refractivity contribution in [3.8, 4) is 16.9 Å². The maximum absolute atomic E-state index is 13.0. The molecule has 0 aliphatic carbocycles. The molecule has 3 rings (SSSR count). The zero-order valence-electron chi connectivity index (χ0n) is 19.7. The van der Waals surface area contributed by atoms with E-state index < -0.39 is 31.3 Å². The lowest BCUT2D eigenvalue weighted by Crippen LogP contribution is -2.47. The fourth-order valence-electron chi connectivity index (χ4n) is 3.71. The molecule has 0 saturated carbocycles. The molecule has 0 radical (unpaired) electrons. The first-order chi connectivity index (χ1) is 17.2. The molecule has 3 aromatic carbocycles. The maximum Gasteiger partial charge on any atom is 0.346 e. The standard InChI is InChI=1S/C26H29N2O7P/c1-35-22-13-11-21(12-14-22)26(36(32,33)34)28-23(25(31)27-16-15-24(29)30)17-18-7-9-20(10-8-18)19-5-3-2-4-6-19/h2-14,23,26,28H,15-17H2,1H3,(H,27,31)(H,29,30)(H2,32,33,34). The van der Waals surface area contributed by atoms with Crippen molar-refractivity contribution in [2.45, 2.75) is 24.7 Å². The van der Waals surface area contributed by atoms with Crippen molar-refractivity contribution < 1.29 is 33.8 Å². The number of methoxy groups -OCH3 is 1. The van der Waals surface area contributed by atoms with Crippen molar-refractivity contribution in [3.63, 3.8) is 0 Å². The van der Waals surface area contributed by atoms with E-state index in [4.69, 9.17) is 9.84 Å². The average molecular weight is 512 g/mol. The Bertz CT molecular complexity index is 1200. The second kappa shape index (κ2) is 12.5. The summed E-state index contributed by atoms with van der Waals surface area (Å²) in [5, 5.41) is 14.2. The number of hydrogen-bond acceptors (Lipinski definition) is 5. The Balaban J connectivity index is 1.85. The second-order valence-corrected chi connectivity index (χ2v) is 9.88. The molecule has 2 unspecified atom stereocenters. The Morgan fingerprint density at radius 2 is 1.53 bits per heavy atom. The highest BCUT2D eigenvalue weighted by Crippen LogP contribution is 2.50. The predicted molar refractivity (Wildman–Crippen MR) is 136 cm³/mol. The fourth-order valence-corrected chi connectivity index (χ4v) is 4.64. The summed E-state index contributed by atoms with van der Waals surface area (Å²) in [4.78, 5) is 44.0. The summed E-state index contributed by atoms with van der Waals surface area (Å²) >= 11 is 0. The molecule has 10 heteroatoms. The summed E-state index contributed by atoms with van der Waals surface area (Å²) in [5.74, 6) is -2.56. The minimum absolute atomic E-state index is 0.109. The molecular weight excluding hydrogens is 483 g/mol. The summed E-state index contributed by atoms with van der Waals surface area (Å²) in [6.07, 6.45) is -0.148. The molecule has 0 bridgehead atoms. The molecule has 2 atom stereocenters. The van der Waals surface area contributed by atoms with Gasteiger partial charge in [-0.25, -0.2) is 0 Å². The van der Waals surface area contributed by atoms with Crippen molar-refractivity contribution in [3.05, 3.63) is 90.0 Å². The number of carboxylic acids is 1. The summed E-state index contributed by atoms with van der Waals surface area (Å²) in [6, 6.07) is 22.4. The van der Waals surface area contributed by atoms with Crippen LogP contribution in [-0.2, 0) is 20.6 Å². The third-order valence-corrected chi connectivity index (χ3v) is 6.70. The quantitative estimate of drug-likeness (QED) is 0.232. The van der Waals surface area contributed by atoms with Gasteiger partial charge in [-0.05, 0) is 40.8 Å². The van der Waals surface area contributed by atoms with E-state index in [1.54, 1.807) is 12.1 Å². The highest BCUT2D eigenvalue weighted by Gasteiger charge is 2.34. The van der Waals surface area contributed by atoms with E-state index in [2.05, 4.69) is 10.6 Å². The Kier molecular flexibility index (Phi) is 9.38. The monoisotopic (exact) mass is 512 g/mol. The van der Waals surface area contributed by atoms with E-state index in [1.165, 1.54) is 19.2 Å². The molecule has 0 saturated heterocycles. The van der Waals surface area contributed by atoms with Crippen LogP contribution in [0.15, 0.2) is 78.9 Å². The molecule has 0 spiro atoms. The summed E-state index contributed by atoms with van der Waals surface area (Å²) < 4.78 is 17.5. The van der Waals surface area contributed by atoms with Crippen LogP contribution in [0.2, 0.25) is 0 Å². The molecule has 36 heavy (non-hydrogen) atoms. The SMILES string of the molecule is COc1ccc(C(NC(Cc2ccc(-c3ccccc3)cc2)C(=O)NCCC(=O)O)P(=O)(O)O)cc1. The van der Waals surface area contributed by atoms with Gasteiger partial charge in [0.25, 0.3) is 0 Å². The van der Waals surface area contributed by atoms with Gasteiger partial charge in [0, 0.05) is 6.54 Å². The minimum atomic E-state index is -4.74. The number of amides is 1. The highest BCUT2D eigenvalue weighted by molar-refractivity contribution is 7.52. The van der Waals surface area contributed by atoms with Crippen LogP contribution in [0.3, 0.4) is 0 Å². The van der Waals surface area contributed by atoms with Gasteiger partial charge in [-0.1, -0.05) is 66.7 Å². The molecule has 3 aromatic rings. The number of benzene rings is 3. The zero-order chi connectivity index (χ0) is 26.1. The second-order valence-electron chi connectivity index (χ2n) is 8.19. The van der Waals surface area contributed by atoms with Crippen molar-refractivity contribution in [1.82, 2.24) is 10.6 Å². The van der Waals surface area contributed by atoms with Gasteiger partial charge in [0.15, 0.2) is 0 Å². The van der Waals surface area contributed by atoms with Crippen LogP contribution in [0.1, 0.15) is 23.3 Å². The van der Waals surface area contributed by atoms with Crippen LogP contribution < -0.4 is 15.4 Å². The van der Waals surface area contributed by atoms with E-state index in [-0.39, 0.29) is 24.9 Å². The first-order valence-electron chi connectivity index (χ1n) is 11.3. The van der Waals surface area contributed by atoms with Gasteiger partial charge >= 0.3 is 13.6 Å². The van der Waals surface area contributed by atoms with E-state index >= 15 is 0 Å². The van der Waals surface area contributed by atoms with Crippen molar-refractivity contribution in [2.24, 2.45) is 0 Å². The lowest BCUT2D eigenvalue weighted by molar-refractivity contribution is -0.137. The van der Waals surface area contributed by atoms with Crippen molar-refractivity contribution in [1.29, 1.82) is 0 Å². The van der Waals surface area contributed by atoms with Crippen LogP contribution in [0.5, 0.6) is 5.75 Å². The molecule has 190 valence electrons. The van der Waals surface area contributed by atoms with Gasteiger partial charge in [-0.2, -0.15) is 0 Å². The zero-order valence-corrected chi connectivity index (χ0v) is 20.6. The molecule has 1 amide bonds. The first kappa shape index (κ1) is 27.1. The number of nitrogens with one attached hydrogen (secondary N) is 2. The van der Waals surface area contributed by atoms with E-state index in [0.29, 0.717) is 5.75 Å². The van der Waals surface area contributed by atoms with Gasteiger partial charge in [0.1, 0.15) is 11.5 Å². The first-order valence-corrected chi connectivity index (χ1v) is 12.9. The maximum atomic E-state index is 13.0. The molecule has 0 aliphatic heterocycles. The number of ether oxygens (including phenoxy) is 1. The number of aliphatic carboxylic acids is 1. The van der Waals surface area contributed by atoms with E-state index in [1.807, 2.05) is 54.6 Å². The van der Waals surface area contributed by atoms with Crippen molar-refractivity contribution in [2.75, 3.05) is 13.7 Å². The van der Waals surface area contributed by atoms with Crippen LogP contribution >= 0.6 is 7.60 Å². The summed E-state index contributed by atoms with van der Waals surface area (Å²) in [6.45, 7) is -0.109. The number of rotatable bonds is 12. The highest BCUT2D eigenvalue weighted by atomic mass is 31.2. The number of carbonyl (C=O) groups is 2. The van der Waals surface area contributed by atoms with Crippen LogP contribution in [-0.4, -0.2) is 46.5 Å². The Labute approximate surface area is 209 Å². The summed E-state index contributed by atoms with van der Waals surface area (Å²) in [7, 11) is -3.25. The van der Waals surface area contributed by atoms with E-state index in [9.17, 15) is 23.9 Å². The van der Waals surface area contributed by atoms with Gasteiger partial charge in [-0.15, -0.1) is 0 Å². The lowest BCUT2D eigenvalue weighted by Gasteiger charge is -2.26. The Hall–Kier alpha value is -3.49. The minimum Gasteiger partial charge on any atom is -0.497 e. The largest absolute Gasteiger partial charge is 0.497 e. The van der Waals surface area contributed by atoms with Gasteiger partial charge in [0.05, 0.1) is 19.6 Å². The summed E-state index contributed by atoms with van der Waals surface area (Å²) in [5.41, 5.74) is 3.07. The lowest BCUT2D eigenvalue weighted by atomic mass is 10.00. The topological polar surface area (TPSA) is 145 Å². The number of carbonyl (C=O) groups excluding carboxylic acids is 1. The van der Waals surface area contributed by atoms with Crippen LogP contribution in [0.4, 0.5) is 0 Å². The molecule has 0 aromatic heterocycles. The fraction of sp³-hybridized carbons (Fsp3) is 0.231. The smallest absolute Gasteiger partial charge is 0.346 e. The Morgan fingerprint density at radius 3 is 2.08 bits per heavy atom. The normalized spacial score (nSPS) is 13.0. The Morgan fingerprint density at radius 1 is 0.917 bits per heavy atom. The van der Waals surface area contributed by atoms with Crippen molar-refractivity contribution >= 4 is 19.5 Å². The van der Waals surface area contributed by atoms with Crippen LogP contribution in [0.25, 0.3) is 11.1 Å². The van der Waals surface area contributed by atoms with Gasteiger partial charge < -0.3 is 24.9 Å². The predicted octanol–water partition coefficient (Wildman–Crippen LogP) is 3.33. The van der Waals surface area contributed by atoms with E-state index in [0.717, 1.165) is 16.7 Å². The molecular formula is C26H29N2O7P. The van der Waals surface area contributed by atoms with Crippen LogP contribution in [0, 0.1) is 0 Å². The van der Waals surface area contributed by atoms with Gasteiger partial charge in [-0.3, -0.25) is 19.5 Å². The van der Waals surface area contributed by atoms with Gasteiger partial charge in [0.2, 0.25) is 5.91 Å². The molecule has 0 aliphatic rings. The molecule has 5 N–H and O–H groups in total.